The van der Waals surface area contributed by atoms with E-state index >= 15 is 0 Å². The summed E-state index contributed by atoms with van der Waals surface area (Å²) in [4.78, 5) is 28.7. The number of ether oxygens (including phenoxy) is 1. The van der Waals surface area contributed by atoms with Crippen LogP contribution in [0, 0.1) is 28.9 Å². The van der Waals surface area contributed by atoms with Gasteiger partial charge in [-0.05, 0) is 30.3 Å². The molecule has 0 saturated carbocycles. The number of aromatic nitrogens is 3. The third-order valence-corrected chi connectivity index (χ3v) is 8.98. The molecule has 0 unspecified atom stereocenters. The van der Waals surface area contributed by atoms with E-state index in [2.05, 4.69) is 46.7 Å². The van der Waals surface area contributed by atoms with E-state index in [1.807, 2.05) is 4.90 Å². The molecule has 2 aromatic carbocycles. The van der Waals surface area contributed by atoms with Crippen LogP contribution in [0.5, 0.6) is 5.75 Å². The fraction of sp³-hybridized carbons (Fsp3) is 0.323. The number of imidazole rings is 1. The molecular weight excluding hydrogens is 646 g/mol. The van der Waals surface area contributed by atoms with Gasteiger partial charge in [-0.1, -0.05) is 11.6 Å². The highest BCUT2D eigenvalue weighted by Gasteiger charge is 2.33. The number of anilines is 2. The Labute approximate surface area is 278 Å². The van der Waals surface area contributed by atoms with Gasteiger partial charge in [0.25, 0.3) is 5.91 Å². The Balaban J connectivity index is 0.961. The second-order valence-corrected chi connectivity index (χ2v) is 12.0. The summed E-state index contributed by atoms with van der Waals surface area (Å²) in [5.74, 6) is -1.09. The maximum absolute atomic E-state index is 15.0. The van der Waals surface area contributed by atoms with Crippen LogP contribution in [0.4, 0.5) is 20.3 Å². The number of carbonyl (C=O) groups is 1. The van der Waals surface area contributed by atoms with Gasteiger partial charge in [-0.3, -0.25) is 19.5 Å². The zero-order chi connectivity index (χ0) is 33.2. The molecule has 5 heterocycles. The summed E-state index contributed by atoms with van der Waals surface area (Å²) in [7, 11) is 0. The first-order valence-electron chi connectivity index (χ1n) is 15.3. The van der Waals surface area contributed by atoms with Crippen LogP contribution < -0.4 is 26.5 Å². The lowest BCUT2D eigenvalue weighted by molar-refractivity contribution is 0.0590. The number of likely N-dealkylation sites (tertiary alicyclic amines) is 1. The Morgan fingerprint density at radius 3 is 2.65 bits per heavy atom. The van der Waals surface area contributed by atoms with Crippen molar-refractivity contribution in [1.29, 1.82) is 5.26 Å². The molecule has 2 saturated heterocycles. The van der Waals surface area contributed by atoms with Gasteiger partial charge in [-0.15, -0.1) is 10.6 Å². The van der Waals surface area contributed by atoms with E-state index in [-0.39, 0.29) is 22.9 Å². The van der Waals surface area contributed by atoms with E-state index < -0.39 is 18.2 Å². The number of hydrazone groups is 1. The molecule has 2 fully saturated rings. The van der Waals surface area contributed by atoms with Crippen molar-refractivity contribution in [3.8, 4) is 23.1 Å². The Morgan fingerprint density at radius 2 is 1.90 bits per heavy atom. The number of nitriles is 1. The number of piperazine rings is 1. The third kappa shape index (κ3) is 6.28. The van der Waals surface area contributed by atoms with E-state index in [1.54, 1.807) is 34.9 Å². The monoisotopic (exact) mass is 676 g/mol. The van der Waals surface area contributed by atoms with Gasteiger partial charge in [0.2, 0.25) is 5.82 Å². The van der Waals surface area contributed by atoms with Gasteiger partial charge < -0.3 is 19.9 Å². The lowest BCUT2D eigenvalue weighted by atomic mass is 9.99. The average molecular weight is 677 g/mol. The number of nitrogens with one attached hydrogen (secondary N) is 4. The van der Waals surface area contributed by atoms with Crippen molar-refractivity contribution in [1.82, 2.24) is 45.6 Å². The van der Waals surface area contributed by atoms with Gasteiger partial charge in [-0.25, -0.2) is 19.9 Å². The summed E-state index contributed by atoms with van der Waals surface area (Å²) >= 11 is 6.61. The topological polar surface area (TPSA) is 150 Å². The molecule has 0 radical (unpaired) electrons. The van der Waals surface area contributed by atoms with E-state index in [0.717, 1.165) is 45.1 Å². The minimum atomic E-state index is -1.20. The van der Waals surface area contributed by atoms with Crippen LogP contribution in [-0.2, 0) is 0 Å². The fourth-order valence-corrected chi connectivity index (χ4v) is 6.28. The molecule has 4 N–H and O–H groups in total. The molecule has 1 amide bonds. The second-order valence-electron chi connectivity index (χ2n) is 11.6. The lowest BCUT2D eigenvalue weighted by Gasteiger charge is -2.41. The number of amidine groups is 1. The molecule has 48 heavy (non-hydrogen) atoms. The molecule has 2 aromatic heterocycles. The van der Waals surface area contributed by atoms with Crippen molar-refractivity contribution in [2.24, 2.45) is 11.0 Å². The average Bonchev–Trinajstić information content (AvgIpc) is 3.76. The molecule has 7 rings (SSSR count). The Kier molecular flexibility index (Phi) is 8.91. The lowest BCUT2D eigenvalue weighted by Crippen LogP contribution is -2.56. The number of hydrogen-bond acceptors (Lipinski definition) is 12. The first-order valence-corrected chi connectivity index (χ1v) is 15.7. The molecule has 4 aromatic rings. The fourth-order valence-electron chi connectivity index (χ4n) is 6.02. The number of hydrogen-bond donors (Lipinski definition) is 4. The molecule has 3 aliphatic rings. The zero-order valence-electron chi connectivity index (χ0n) is 25.6. The van der Waals surface area contributed by atoms with Crippen LogP contribution in [0.15, 0.2) is 54.0 Å². The molecule has 14 nitrogen and oxygen atoms in total. The molecule has 0 spiro atoms. The number of rotatable bonds is 10. The van der Waals surface area contributed by atoms with Crippen LogP contribution in [0.25, 0.3) is 16.9 Å². The van der Waals surface area contributed by atoms with Gasteiger partial charge in [-0.2, -0.15) is 9.65 Å². The molecule has 17 heteroatoms. The van der Waals surface area contributed by atoms with Crippen molar-refractivity contribution in [2.45, 2.75) is 0 Å². The minimum Gasteiger partial charge on any atom is -0.476 e. The predicted molar refractivity (Wildman–Crippen MR) is 173 cm³/mol. The van der Waals surface area contributed by atoms with Crippen LogP contribution in [0.3, 0.4) is 0 Å². The molecule has 0 bridgehead atoms. The van der Waals surface area contributed by atoms with Crippen molar-refractivity contribution in [3.63, 3.8) is 0 Å². The second kappa shape index (κ2) is 13.6. The smallest absolute Gasteiger partial charge is 0.255 e. The predicted octanol–water partition coefficient (Wildman–Crippen LogP) is 2.59. The summed E-state index contributed by atoms with van der Waals surface area (Å²) in [6.45, 7) is 6.28. The molecule has 248 valence electrons. The Morgan fingerprint density at radius 1 is 1.08 bits per heavy atom. The molecular formula is C31H31ClF2N12O2. The molecule has 3 aliphatic heterocycles. The molecule has 0 aliphatic carbocycles. The van der Waals surface area contributed by atoms with E-state index in [0.29, 0.717) is 46.7 Å². The van der Waals surface area contributed by atoms with Crippen molar-refractivity contribution in [3.05, 3.63) is 71.1 Å². The van der Waals surface area contributed by atoms with Crippen molar-refractivity contribution in [2.75, 3.05) is 64.3 Å². The first-order chi connectivity index (χ1) is 23.4. The minimum absolute atomic E-state index is 0.0402. The summed E-state index contributed by atoms with van der Waals surface area (Å²) in [5, 5.41) is 16.3. The maximum atomic E-state index is 15.0. The van der Waals surface area contributed by atoms with Gasteiger partial charge in [0.15, 0.2) is 29.6 Å². The van der Waals surface area contributed by atoms with Crippen LogP contribution in [-0.4, -0.2) is 99.8 Å². The number of benzene rings is 2. The summed E-state index contributed by atoms with van der Waals surface area (Å²) in [6, 6.07) is 9.41. The van der Waals surface area contributed by atoms with Gasteiger partial charge >= 0.3 is 0 Å². The van der Waals surface area contributed by atoms with E-state index in [4.69, 9.17) is 21.6 Å². The quantitative estimate of drug-likeness (QED) is 0.196. The highest BCUT2D eigenvalue weighted by molar-refractivity contribution is 6.34. The largest absolute Gasteiger partial charge is 0.476 e. The number of fused-ring (bicyclic) bond motifs is 1. The van der Waals surface area contributed by atoms with E-state index in [9.17, 15) is 13.6 Å². The number of hydrazine groups is 2. The van der Waals surface area contributed by atoms with Crippen LogP contribution >= 0.6 is 11.6 Å². The highest BCUT2D eigenvalue weighted by Crippen LogP contribution is 2.32. The maximum Gasteiger partial charge on any atom is 0.255 e. The third-order valence-electron chi connectivity index (χ3n) is 8.66. The number of nitrogens with zero attached hydrogens (tertiary/aromatic N) is 8. The highest BCUT2D eigenvalue weighted by atomic mass is 35.5. The first kappa shape index (κ1) is 31.5. The number of carbonyl (C=O) groups excluding carboxylic acids is 1. The van der Waals surface area contributed by atoms with Crippen LogP contribution in [0.1, 0.15) is 10.4 Å². The Hall–Kier alpha value is -5.08. The van der Waals surface area contributed by atoms with Gasteiger partial charge in [0, 0.05) is 81.9 Å². The zero-order valence-corrected chi connectivity index (χ0v) is 26.3. The summed E-state index contributed by atoms with van der Waals surface area (Å²) < 4.78 is 36.1. The Bertz CT molecular complexity index is 1920. The standard InChI is InChI=1S/C31H31ClF2N12O2/c32-23-15-20(38-29-30-37-16-24(46(30)7-6-36-29)22-3-4-25(48-14-5-35)27(34)26(22)33)1-2-21(23)31(47)45-12-10-43(11-13-45)8-9-44-17-19(18-44)28-39-41-42-40-28/h1-4,6-7,15-16,19,41-42H,8-14,17-18H2,(H,36,38)(H,39,40). The normalized spacial score (nSPS) is 17.0. The van der Waals surface area contributed by atoms with Gasteiger partial charge in [0.05, 0.1) is 22.5 Å². The molecule has 0 atom stereocenters. The SMILES string of the molecule is N#CCOc1ccc(-c2cnc3c(Nc4ccc(C(=O)N5CCN(CCN6CC(C7=NNNN7)C6)CC5)c(Cl)c4)nccn23)c(F)c1F. The van der Waals surface area contributed by atoms with Crippen molar-refractivity contribution >= 4 is 40.5 Å². The summed E-state index contributed by atoms with van der Waals surface area (Å²) in [6.07, 6.45) is 4.48. The van der Waals surface area contributed by atoms with Crippen LogP contribution in [0.2, 0.25) is 5.02 Å². The van der Waals surface area contributed by atoms with Gasteiger partial charge in [0.1, 0.15) is 11.9 Å². The number of amides is 1. The number of halogens is 3. The summed E-state index contributed by atoms with van der Waals surface area (Å²) in [5.41, 5.74) is 10.1. The van der Waals surface area contributed by atoms with Crippen molar-refractivity contribution < 1.29 is 18.3 Å². The van der Waals surface area contributed by atoms with E-state index in [1.165, 1.54) is 24.5 Å².